The number of ether oxygens (including phenoxy) is 1. The molecule has 0 spiro atoms. The van der Waals surface area contributed by atoms with Crippen LogP contribution in [0.25, 0.3) is 0 Å². The van der Waals surface area contributed by atoms with Gasteiger partial charge in [0.2, 0.25) is 0 Å². The summed E-state index contributed by atoms with van der Waals surface area (Å²) < 4.78 is 5.71. The number of benzene rings is 2. The Bertz CT molecular complexity index is 822. The van der Waals surface area contributed by atoms with Gasteiger partial charge in [-0.1, -0.05) is 18.2 Å². The van der Waals surface area contributed by atoms with Crippen LogP contribution in [0.2, 0.25) is 0 Å². The summed E-state index contributed by atoms with van der Waals surface area (Å²) >= 11 is 1.41. The molecule has 0 aromatic heterocycles. The summed E-state index contributed by atoms with van der Waals surface area (Å²) in [6.45, 7) is 1.96. The van der Waals surface area contributed by atoms with Crippen LogP contribution < -0.4 is 15.4 Å². The van der Waals surface area contributed by atoms with Crippen LogP contribution in [0.4, 0.5) is 10.5 Å². The van der Waals surface area contributed by atoms with Gasteiger partial charge in [0.25, 0.3) is 5.91 Å². The van der Waals surface area contributed by atoms with Crippen LogP contribution in [0.5, 0.6) is 11.5 Å². The van der Waals surface area contributed by atoms with Crippen LogP contribution in [0.3, 0.4) is 0 Å². The number of likely N-dealkylation sites (N-methyl/N-ethyl adjacent to an activating group) is 1. The first-order chi connectivity index (χ1) is 13.6. The second-order valence-corrected chi connectivity index (χ2v) is 6.64. The third-order valence-corrected chi connectivity index (χ3v) is 4.40. The number of carbonyl (C=O) groups excluding carboxylic acids is 2. The van der Waals surface area contributed by atoms with E-state index in [1.54, 1.807) is 31.2 Å². The number of nitrogens with zero attached hydrogens (tertiary/aromatic N) is 2. The van der Waals surface area contributed by atoms with Crippen molar-refractivity contribution in [3.8, 4) is 17.7 Å². The van der Waals surface area contributed by atoms with E-state index in [0.29, 0.717) is 17.2 Å². The van der Waals surface area contributed by atoms with Gasteiger partial charge in [-0.05, 0) is 49.6 Å². The highest BCUT2D eigenvalue weighted by Crippen LogP contribution is 2.22. The molecule has 2 rings (SSSR count). The fourth-order valence-corrected chi connectivity index (χ4v) is 2.92. The van der Waals surface area contributed by atoms with Crippen LogP contribution >= 0.6 is 11.8 Å². The van der Waals surface area contributed by atoms with Crippen molar-refractivity contribution < 1.29 is 14.3 Å². The first-order valence-corrected chi connectivity index (χ1v) is 10.1. The number of nitriles is 1. The van der Waals surface area contributed by atoms with E-state index in [4.69, 9.17) is 10.00 Å². The van der Waals surface area contributed by atoms with Crippen LogP contribution in [-0.2, 0) is 4.79 Å². The number of rotatable bonds is 8. The highest BCUT2D eigenvalue weighted by Gasteiger charge is 2.25. The molecule has 0 saturated carbocycles. The second kappa shape index (κ2) is 10.8. The highest BCUT2D eigenvalue weighted by molar-refractivity contribution is 7.98. The Labute approximate surface area is 168 Å². The summed E-state index contributed by atoms with van der Waals surface area (Å²) in [6, 6.07) is 15.0. The van der Waals surface area contributed by atoms with Gasteiger partial charge in [0.05, 0.1) is 0 Å². The molecule has 2 aromatic rings. The Kier molecular flexibility index (Phi) is 8.18. The van der Waals surface area contributed by atoms with Gasteiger partial charge in [-0.3, -0.25) is 4.79 Å². The van der Waals surface area contributed by atoms with Gasteiger partial charge < -0.3 is 15.4 Å². The molecule has 0 heterocycles. The monoisotopic (exact) mass is 398 g/mol. The van der Waals surface area contributed by atoms with E-state index in [1.807, 2.05) is 42.8 Å². The molecule has 0 aliphatic carbocycles. The fraction of sp³-hybridized carbons (Fsp3) is 0.250. The predicted octanol–water partition coefficient (Wildman–Crippen LogP) is 3.66. The molecule has 0 radical (unpaired) electrons. The molecule has 8 heteroatoms. The van der Waals surface area contributed by atoms with Crippen molar-refractivity contribution in [2.24, 2.45) is 0 Å². The van der Waals surface area contributed by atoms with Crippen molar-refractivity contribution in [3.63, 3.8) is 0 Å². The van der Waals surface area contributed by atoms with E-state index in [1.165, 1.54) is 11.8 Å². The number of para-hydroxylation sites is 1. The zero-order chi connectivity index (χ0) is 20.4. The zero-order valence-electron chi connectivity index (χ0n) is 15.7. The molecular formula is C20H22N4O3S. The number of carbonyl (C=O) groups is 2. The van der Waals surface area contributed by atoms with Crippen LogP contribution in [0.15, 0.2) is 54.6 Å². The summed E-state index contributed by atoms with van der Waals surface area (Å²) in [4.78, 5) is 25.6. The van der Waals surface area contributed by atoms with Crippen molar-refractivity contribution in [1.82, 2.24) is 10.2 Å². The lowest BCUT2D eigenvalue weighted by Gasteiger charge is -2.21. The normalized spacial score (nSPS) is 11.0. The van der Waals surface area contributed by atoms with E-state index in [-0.39, 0.29) is 6.54 Å². The Morgan fingerprint density at radius 1 is 1.14 bits per heavy atom. The summed E-state index contributed by atoms with van der Waals surface area (Å²) in [7, 11) is 0. The molecule has 0 saturated heterocycles. The molecule has 28 heavy (non-hydrogen) atoms. The van der Waals surface area contributed by atoms with Crippen molar-refractivity contribution >= 4 is 29.4 Å². The summed E-state index contributed by atoms with van der Waals surface area (Å²) in [5.74, 6) is 1.30. The summed E-state index contributed by atoms with van der Waals surface area (Å²) in [6.07, 6.45) is 3.66. The van der Waals surface area contributed by atoms with Crippen molar-refractivity contribution in [2.75, 3.05) is 23.9 Å². The topological polar surface area (TPSA) is 94.5 Å². The van der Waals surface area contributed by atoms with Gasteiger partial charge in [0.1, 0.15) is 17.5 Å². The maximum absolute atomic E-state index is 12.3. The Morgan fingerprint density at radius 2 is 1.79 bits per heavy atom. The zero-order valence-corrected chi connectivity index (χ0v) is 16.5. The molecule has 146 valence electrons. The molecule has 3 amide bonds. The number of hydrogen-bond donors (Lipinski definition) is 2. The smallest absolute Gasteiger partial charge is 0.319 e. The molecule has 0 aliphatic heterocycles. The molecule has 7 nitrogen and oxygen atoms in total. The largest absolute Gasteiger partial charge is 0.457 e. The standard InChI is InChI=1S/C20H22N4O3S/c1-3-24(14-21)19(25)18(13-28-2)23-20(26)22-15-9-11-17(12-10-15)27-16-7-5-4-6-8-16/h4-12,18H,3,13H2,1-2H3,(H2,22,23,26). The van der Waals surface area contributed by atoms with E-state index in [9.17, 15) is 9.59 Å². The lowest BCUT2D eigenvalue weighted by Crippen LogP contribution is -2.49. The number of anilines is 1. The van der Waals surface area contributed by atoms with Crippen molar-refractivity contribution in [3.05, 3.63) is 54.6 Å². The third kappa shape index (κ3) is 6.21. The van der Waals surface area contributed by atoms with Crippen LogP contribution in [-0.4, -0.2) is 41.4 Å². The van der Waals surface area contributed by atoms with Crippen LogP contribution in [0.1, 0.15) is 6.92 Å². The lowest BCUT2D eigenvalue weighted by molar-refractivity contribution is -0.129. The first kappa shape index (κ1) is 21.1. The minimum atomic E-state index is -0.782. The SMILES string of the molecule is CCN(C#N)C(=O)C(CSC)NC(=O)Nc1ccc(Oc2ccccc2)cc1. The Balaban J connectivity index is 1.95. The average molecular weight is 398 g/mol. The Hall–Kier alpha value is -3.18. The molecule has 0 bridgehead atoms. The van der Waals surface area contributed by atoms with E-state index in [0.717, 1.165) is 10.6 Å². The van der Waals surface area contributed by atoms with Gasteiger partial charge in [0, 0.05) is 18.0 Å². The number of nitrogens with one attached hydrogen (secondary N) is 2. The number of hydrogen-bond acceptors (Lipinski definition) is 5. The summed E-state index contributed by atoms with van der Waals surface area (Å²) in [5, 5.41) is 14.3. The van der Waals surface area contributed by atoms with E-state index >= 15 is 0 Å². The van der Waals surface area contributed by atoms with Crippen LogP contribution in [0, 0.1) is 11.5 Å². The molecule has 0 aliphatic rings. The van der Waals surface area contributed by atoms with Gasteiger partial charge >= 0.3 is 6.03 Å². The first-order valence-electron chi connectivity index (χ1n) is 8.68. The second-order valence-electron chi connectivity index (χ2n) is 5.73. The maximum Gasteiger partial charge on any atom is 0.319 e. The Morgan fingerprint density at radius 3 is 2.36 bits per heavy atom. The third-order valence-electron chi connectivity index (χ3n) is 3.73. The van der Waals surface area contributed by atoms with Gasteiger partial charge in [-0.25, -0.2) is 9.69 Å². The molecule has 2 N–H and O–H groups in total. The van der Waals surface area contributed by atoms with Gasteiger partial charge in [-0.15, -0.1) is 0 Å². The average Bonchev–Trinajstić information content (AvgIpc) is 2.71. The van der Waals surface area contributed by atoms with E-state index in [2.05, 4.69) is 10.6 Å². The van der Waals surface area contributed by atoms with E-state index < -0.39 is 18.0 Å². The lowest BCUT2D eigenvalue weighted by atomic mass is 10.3. The molecule has 2 aromatic carbocycles. The summed E-state index contributed by atoms with van der Waals surface area (Å²) in [5.41, 5.74) is 0.556. The molecule has 0 fully saturated rings. The molecule has 1 unspecified atom stereocenters. The number of thioether (sulfide) groups is 1. The highest BCUT2D eigenvalue weighted by atomic mass is 32.2. The van der Waals surface area contributed by atoms with Crippen molar-refractivity contribution in [2.45, 2.75) is 13.0 Å². The van der Waals surface area contributed by atoms with Gasteiger partial charge in [0.15, 0.2) is 6.19 Å². The fourth-order valence-electron chi connectivity index (χ4n) is 2.36. The minimum absolute atomic E-state index is 0.256. The molecular weight excluding hydrogens is 376 g/mol. The maximum atomic E-state index is 12.3. The van der Waals surface area contributed by atoms with Crippen molar-refractivity contribution in [1.29, 1.82) is 5.26 Å². The quantitative estimate of drug-likeness (QED) is 0.523. The molecule has 1 atom stereocenters. The predicted molar refractivity (Wildman–Crippen MR) is 110 cm³/mol. The minimum Gasteiger partial charge on any atom is -0.457 e. The number of urea groups is 1. The number of amides is 3. The van der Waals surface area contributed by atoms with Gasteiger partial charge in [-0.2, -0.15) is 17.0 Å².